The van der Waals surface area contributed by atoms with Crippen LogP contribution in [0.2, 0.25) is 10.0 Å². The molecule has 0 aliphatic heterocycles. The van der Waals surface area contributed by atoms with Crippen molar-refractivity contribution in [2.45, 2.75) is 6.54 Å². The second-order valence-corrected chi connectivity index (χ2v) is 5.12. The summed E-state index contributed by atoms with van der Waals surface area (Å²) >= 11 is 11.5. The molecule has 0 aliphatic carbocycles. The van der Waals surface area contributed by atoms with Crippen LogP contribution in [0.5, 0.6) is 0 Å². The van der Waals surface area contributed by atoms with E-state index in [9.17, 15) is 4.39 Å². The van der Waals surface area contributed by atoms with Gasteiger partial charge in [0.2, 0.25) is 0 Å². The molecule has 0 amide bonds. The van der Waals surface area contributed by atoms with Gasteiger partial charge < -0.3 is 9.72 Å². The Labute approximate surface area is 125 Å². The molecule has 0 radical (unpaired) electrons. The Hall–Kier alpha value is -1.78. The minimum Gasteiger partial charge on any atom is -0.379 e. The second-order valence-electron chi connectivity index (χ2n) is 4.31. The summed E-state index contributed by atoms with van der Waals surface area (Å²) in [5, 5.41) is 3.11. The van der Waals surface area contributed by atoms with Crippen molar-refractivity contribution in [3.8, 4) is 0 Å². The number of anilines is 1. The zero-order valence-electron chi connectivity index (χ0n) is 10.3. The number of nitrogens with zero attached hydrogens (tertiary/aromatic N) is 2. The largest absolute Gasteiger partial charge is 0.379 e. The predicted octanol–water partition coefficient (Wildman–Crippen LogP) is 4.39. The van der Waals surface area contributed by atoms with E-state index in [4.69, 9.17) is 23.2 Å². The van der Waals surface area contributed by atoms with Crippen LogP contribution in [0.15, 0.2) is 42.7 Å². The number of aromatic nitrogens is 2. The molecule has 3 nitrogen and oxygen atoms in total. The molecule has 0 atom stereocenters. The van der Waals surface area contributed by atoms with Crippen LogP contribution >= 0.6 is 23.2 Å². The molecule has 3 rings (SSSR count). The quantitative estimate of drug-likeness (QED) is 0.727. The van der Waals surface area contributed by atoms with Gasteiger partial charge in [-0.05, 0) is 24.3 Å². The zero-order valence-corrected chi connectivity index (χ0v) is 11.8. The summed E-state index contributed by atoms with van der Waals surface area (Å²) in [4.78, 5) is 4.45. The van der Waals surface area contributed by atoms with Gasteiger partial charge in [0.25, 0.3) is 0 Å². The van der Waals surface area contributed by atoms with E-state index in [1.54, 1.807) is 0 Å². The number of rotatable bonds is 3. The lowest BCUT2D eigenvalue weighted by atomic mass is 10.3. The first kappa shape index (κ1) is 13.2. The molecule has 0 spiro atoms. The number of imidazole rings is 1. The third-order valence-electron chi connectivity index (χ3n) is 2.87. The molecule has 0 saturated carbocycles. The standard InChI is InChI=1S/C14H10Cl2FN3/c15-11-5-9(6-12(16)14(11)17)18-7-10-8-20-4-2-1-3-13(20)19-10/h1-6,8,18H,7H2. The van der Waals surface area contributed by atoms with Crippen LogP contribution in [0.25, 0.3) is 5.65 Å². The first-order valence-corrected chi connectivity index (χ1v) is 6.70. The smallest absolute Gasteiger partial charge is 0.160 e. The van der Waals surface area contributed by atoms with E-state index in [2.05, 4.69) is 10.3 Å². The molecule has 102 valence electrons. The Balaban J connectivity index is 1.79. The number of fused-ring (bicyclic) bond motifs is 1. The monoisotopic (exact) mass is 309 g/mol. The molecule has 0 saturated heterocycles. The number of hydrogen-bond acceptors (Lipinski definition) is 2. The zero-order chi connectivity index (χ0) is 14.1. The average Bonchev–Trinajstić information content (AvgIpc) is 2.85. The fourth-order valence-electron chi connectivity index (χ4n) is 1.92. The number of hydrogen-bond donors (Lipinski definition) is 1. The normalized spacial score (nSPS) is 10.9. The third kappa shape index (κ3) is 2.57. The molecule has 2 heterocycles. The molecule has 0 unspecified atom stereocenters. The van der Waals surface area contributed by atoms with Crippen molar-refractivity contribution in [1.29, 1.82) is 0 Å². The first-order valence-electron chi connectivity index (χ1n) is 5.94. The summed E-state index contributed by atoms with van der Waals surface area (Å²) in [6, 6.07) is 8.79. The van der Waals surface area contributed by atoms with E-state index in [0.29, 0.717) is 12.2 Å². The van der Waals surface area contributed by atoms with Gasteiger partial charge in [-0.3, -0.25) is 0 Å². The molecule has 1 N–H and O–H groups in total. The number of benzene rings is 1. The van der Waals surface area contributed by atoms with Crippen molar-refractivity contribution in [3.63, 3.8) is 0 Å². The summed E-state index contributed by atoms with van der Waals surface area (Å²) < 4.78 is 15.2. The van der Waals surface area contributed by atoms with Gasteiger partial charge in [0, 0.05) is 18.1 Å². The fourth-order valence-corrected chi connectivity index (χ4v) is 2.41. The fraction of sp³-hybridized carbons (Fsp3) is 0.0714. The minimum absolute atomic E-state index is 0.00463. The van der Waals surface area contributed by atoms with Crippen molar-refractivity contribution in [2.24, 2.45) is 0 Å². The lowest BCUT2D eigenvalue weighted by molar-refractivity contribution is 0.629. The maximum Gasteiger partial charge on any atom is 0.160 e. The maximum atomic E-state index is 13.3. The summed E-state index contributed by atoms with van der Waals surface area (Å²) in [5.41, 5.74) is 2.39. The van der Waals surface area contributed by atoms with Gasteiger partial charge in [-0.2, -0.15) is 0 Å². The van der Waals surface area contributed by atoms with Crippen LogP contribution in [0.1, 0.15) is 5.69 Å². The molecular weight excluding hydrogens is 300 g/mol. The van der Waals surface area contributed by atoms with Crippen molar-refractivity contribution in [1.82, 2.24) is 9.38 Å². The molecule has 1 aromatic carbocycles. The Morgan fingerprint density at radius 2 is 1.95 bits per heavy atom. The molecule has 0 aliphatic rings. The first-order chi connectivity index (χ1) is 9.63. The highest BCUT2D eigenvalue weighted by Gasteiger charge is 2.08. The molecule has 0 fully saturated rings. The Kier molecular flexibility index (Phi) is 3.51. The van der Waals surface area contributed by atoms with Crippen LogP contribution in [-0.4, -0.2) is 9.38 Å². The summed E-state index contributed by atoms with van der Waals surface area (Å²) in [6.45, 7) is 0.500. The summed E-state index contributed by atoms with van der Waals surface area (Å²) in [7, 11) is 0. The molecule has 20 heavy (non-hydrogen) atoms. The number of nitrogens with one attached hydrogen (secondary N) is 1. The topological polar surface area (TPSA) is 29.3 Å². The highest BCUT2D eigenvalue weighted by Crippen LogP contribution is 2.27. The van der Waals surface area contributed by atoms with E-state index >= 15 is 0 Å². The van der Waals surface area contributed by atoms with E-state index in [-0.39, 0.29) is 10.0 Å². The lowest BCUT2D eigenvalue weighted by Crippen LogP contribution is -2.00. The molecule has 0 bridgehead atoms. The minimum atomic E-state index is -0.605. The highest BCUT2D eigenvalue weighted by molar-refractivity contribution is 6.35. The second kappa shape index (κ2) is 5.31. The number of pyridine rings is 1. The number of halogens is 3. The van der Waals surface area contributed by atoms with Gasteiger partial charge in [0.15, 0.2) is 5.82 Å². The van der Waals surface area contributed by atoms with Crippen molar-refractivity contribution >= 4 is 34.5 Å². The summed E-state index contributed by atoms with van der Waals surface area (Å²) in [5.74, 6) is -0.605. The van der Waals surface area contributed by atoms with Crippen LogP contribution in [0.3, 0.4) is 0 Å². The van der Waals surface area contributed by atoms with Gasteiger partial charge in [0.1, 0.15) is 5.65 Å². The van der Waals surface area contributed by atoms with Gasteiger partial charge in [-0.15, -0.1) is 0 Å². The van der Waals surface area contributed by atoms with Crippen LogP contribution in [0.4, 0.5) is 10.1 Å². The molecular formula is C14H10Cl2FN3. The van der Waals surface area contributed by atoms with Crippen molar-refractivity contribution in [3.05, 3.63) is 64.3 Å². The van der Waals surface area contributed by atoms with Gasteiger partial charge in [0.05, 0.1) is 22.3 Å². The summed E-state index contributed by atoms with van der Waals surface area (Å²) in [6.07, 6.45) is 3.85. The predicted molar refractivity (Wildman–Crippen MR) is 78.9 cm³/mol. The van der Waals surface area contributed by atoms with Crippen molar-refractivity contribution in [2.75, 3.05) is 5.32 Å². The van der Waals surface area contributed by atoms with E-state index in [0.717, 1.165) is 11.3 Å². The third-order valence-corrected chi connectivity index (χ3v) is 3.42. The van der Waals surface area contributed by atoms with Crippen LogP contribution < -0.4 is 5.32 Å². The Morgan fingerprint density at radius 1 is 1.20 bits per heavy atom. The van der Waals surface area contributed by atoms with Gasteiger partial charge in [-0.1, -0.05) is 29.3 Å². The van der Waals surface area contributed by atoms with Crippen molar-refractivity contribution < 1.29 is 4.39 Å². The van der Waals surface area contributed by atoms with E-state index in [1.165, 1.54) is 12.1 Å². The molecule has 3 aromatic rings. The van der Waals surface area contributed by atoms with Gasteiger partial charge >= 0.3 is 0 Å². The van der Waals surface area contributed by atoms with Gasteiger partial charge in [-0.25, -0.2) is 9.37 Å². The molecule has 6 heteroatoms. The van der Waals surface area contributed by atoms with E-state index < -0.39 is 5.82 Å². The Morgan fingerprint density at radius 3 is 2.65 bits per heavy atom. The molecule has 2 aromatic heterocycles. The highest BCUT2D eigenvalue weighted by atomic mass is 35.5. The van der Waals surface area contributed by atoms with Crippen LogP contribution in [0, 0.1) is 5.82 Å². The SMILES string of the molecule is Fc1c(Cl)cc(NCc2cn3ccccc3n2)cc1Cl. The Bertz CT molecular complexity index is 714. The lowest BCUT2D eigenvalue weighted by Gasteiger charge is -2.06. The van der Waals surface area contributed by atoms with Crippen LogP contribution in [-0.2, 0) is 6.54 Å². The maximum absolute atomic E-state index is 13.3. The van der Waals surface area contributed by atoms with E-state index in [1.807, 2.05) is 35.0 Å². The average molecular weight is 310 g/mol.